The van der Waals surface area contributed by atoms with Crippen molar-refractivity contribution in [2.75, 3.05) is 18.0 Å². The molecule has 6 nitrogen and oxygen atoms in total. The van der Waals surface area contributed by atoms with Crippen LogP contribution in [0.3, 0.4) is 0 Å². The zero-order valence-corrected chi connectivity index (χ0v) is 22.3. The number of aromatic nitrogens is 1. The standard InChI is InChI=1S/C33H30F2N4O2/c34-24-7-10-31(40)28(19-24)32(30-18-21-3-1-2-4-29(21)37-30)38-33(41)23-15-22(16-25(35)17-23)20-5-8-27(9-6-20)39-13-11-26(36)12-14-39/h1-10,15-19,26,32,37,40H,11-14,36H2,(H,38,41). The number of fused-ring (bicyclic) bond motifs is 1. The number of H-pyrrole nitrogens is 1. The van der Waals surface area contributed by atoms with Crippen molar-refractivity contribution in [1.82, 2.24) is 10.3 Å². The fourth-order valence-corrected chi connectivity index (χ4v) is 5.46. The van der Waals surface area contributed by atoms with Gasteiger partial charge >= 0.3 is 0 Å². The Morgan fingerprint density at radius 2 is 1.66 bits per heavy atom. The van der Waals surface area contributed by atoms with Crippen LogP contribution in [0.2, 0.25) is 0 Å². The molecule has 1 aliphatic heterocycles. The van der Waals surface area contributed by atoms with E-state index in [1.807, 2.05) is 54.6 Å². The third-order valence-corrected chi connectivity index (χ3v) is 7.70. The maximum Gasteiger partial charge on any atom is 0.252 e. The second-order valence-corrected chi connectivity index (χ2v) is 10.5. The van der Waals surface area contributed by atoms with Crippen LogP contribution >= 0.6 is 0 Å². The van der Waals surface area contributed by atoms with Crippen molar-refractivity contribution in [3.05, 3.63) is 119 Å². The number of aromatic hydroxyl groups is 1. The number of anilines is 1. The maximum atomic E-state index is 14.8. The maximum absolute atomic E-state index is 14.8. The number of nitrogens with two attached hydrogens (primary N) is 1. The second kappa shape index (κ2) is 11.1. The molecule has 208 valence electrons. The van der Waals surface area contributed by atoms with Crippen LogP contribution in [-0.4, -0.2) is 35.1 Å². The zero-order valence-electron chi connectivity index (χ0n) is 22.3. The summed E-state index contributed by atoms with van der Waals surface area (Å²) in [5.41, 5.74) is 10.1. The minimum absolute atomic E-state index is 0.103. The number of phenolic OH excluding ortho intramolecular Hbond substituents is 1. The number of carbonyl (C=O) groups is 1. The van der Waals surface area contributed by atoms with Gasteiger partial charge < -0.3 is 26.0 Å². The predicted molar refractivity (Wildman–Crippen MR) is 157 cm³/mol. The third kappa shape index (κ3) is 5.64. The number of hydrogen-bond donors (Lipinski definition) is 4. The van der Waals surface area contributed by atoms with Gasteiger partial charge in [-0.05, 0) is 90.0 Å². The minimum Gasteiger partial charge on any atom is -0.508 e. The summed E-state index contributed by atoms with van der Waals surface area (Å²) < 4.78 is 29.1. The highest BCUT2D eigenvalue weighted by atomic mass is 19.1. The second-order valence-electron chi connectivity index (χ2n) is 10.5. The first-order chi connectivity index (χ1) is 19.8. The van der Waals surface area contributed by atoms with Gasteiger partial charge in [0.2, 0.25) is 0 Å². The largest absolute Gasteiger partial charge is 0.508 e. The number of aromatic amines is 1. The molecule has 1 saturated heterocycles. The summed E-state index contributed by atoms with van der Waals surface area (Å²) in [6, 6.07) is 24.3. The van der Waals surface area contributed by atoms with E-state index in [0.29, 0.717) is 11.3 Å². The van der Waals surface area contributed by atoms with E-state index in [4.69, 9.17) is 5.73 Å². The van der Waals surface area contributed by atoms with Crippen LogP contribution in [0, 0.1) is 11.6 Å². The first-order valence-corrected chi connectivity index (χ1v) is 13.6. The lowest BCUT2D eigenvalue weighted by Crippen LogP contribution is -2.39. The first kappa shape index (κ1) is 26.5. The zero-order chi connectivity index (χ0) is 28.5. The average Bonchev–Trinajstić information content (AvgIpc) is 3.41. The Morgan fingerprint density at radius 1 is 0.902 bits per heavy atom. The lowest BCUT2D eigenvalue weighted by atomic mass is 9.99. The van der Waals surface area contributed by atoms with Crippen molar-refractivity contribution >= 4 is 22.5 Å². The van der Waals surface area contributed by atoms with Crippen LogP contribution in [0.25, 0.3) is 22.0 Å². The summed E-state index contributed by atoms with van der Waals surface area (Å²) >= 11 is 0. The molecule has 41 heavy (non-hydrogen) atoms. The number of rotatable bonds is 6. The summed E-state index contributed by atoms with van der Waals surface area (Å²) in [6.45, 7) is 1.78. The SMILES string of the molecule is NC1CCN(c2ccc(-c3cc(F)cc(C(=O)NC(c4cc5ccccc5[nH]4)c4cc(F)ccc4O)c3)cc2)CC1. The Morgan fingerprint density at radius 3 is 2.41 bits per heavy atom. The summed E-state index contributed by atoms with van der Waals surface area (Å²) in [7, 11) is 0. The van der Waals surface area contributed by atoms with Crippen molar-refractivity contribution in [2.45, 2.75) is 24.9 Å². The number of benzene rings is 4. The molecule has 6 rings (SSSR count). The highest BCUT2D eigenvalue weighted by Gasteiger charge is 2.24. The number of piperidine rings is 1. The Bertz CT molecular complexity index is 1680. The quantitative estimate of drug-likeness (QED) is 0.200. The van der Waals surface area contributed by atoms with Gasteiger partial charge in [0, 0.05) is 47.2 Å². The van der Waals surface area contributed by atoms with E-state index in [-0.39, 0.29) is 22.9 Å². The van der Waals surface area contributed by atoms with Crippen LogP contribution in [0.1, 0.15) is 40.5 Å². The fraction of sp³-hybridized carbons (Fsp3) is 0.182. The number of amides is 1. The molecule has 1 fully saturated rings. The van der Waals surface area contributed by atoms with E-state index in [9.17, 15) is 18.7 Å². The van der Waals surface area contributed by atoms with E-state index in [1.165, 1.54) is 18.2 Å². The Labute approximate surface area is 236 Å². The van der Waals surface area contributed by atoms with Gasteiger partial charge in [-0.15, -0.1) is 0 Å². The molecule has 5 aromatic rings. The summed E-state index contributed by atoms with van der Waals surface area (Å²) in [5, 5.41) is 14.4. The molecule has 1 aromatic heterocycles. The molecule has 1 amide bonds. The molecule has 5 N–H and O–H groups in total. The number of hydrogen-bond acceptors (Lipinski definition) is 4. The Hall–Kier alpha value is -4.69. The van der Waals surface area contributed by atoms with Crippen LogP contribution in [0.15, 0.2) is 91.0 Å². The molecule has 0 bridgehead atoms. The molecule has 0 radical (unpaired) electrons. The molecular weight excluding hydrogens is 522 g/mol. The number of phenols is 1. The summed E-state index contributed by atoms with van der Waals surface area (Å²) in [6.07, 6.45) is 1.88. The van der Waals surface area contributed by atoms with Crippen molar-refractivity contribution in [2.24, 2.45) is 5.73 Å². The molecule has 1 aliphatic rings. The Balaban J connectivity index is 1.30. The molecule has 4 aromatic carbocycles. The van der Waals surface area contributed by atoms with Gasteiger partial charge in [0.15, 0.2) is 0 Å². The van der Waals surface area contributed by atoms with Gasteiger partial charge in [0.1, 0.15) is 17.4 Å². The summed E-state index contributed by atoms with van der Waals surface area (Å²) in [5.74, 6) is -1.86. The number of carbonyl (C=O) groups excluding carboxylic acids is 1. The molecule has 0 aliphatic carbocycles. The molecule has 2 heterocycles. The van der Waals surface area contributed by atoms with Gasteiger partial charge in [0.25, 0.3) is 5.91 Å². The van der Waals surface area contributed by atoms with Crippen LogP contribution in [0.4, 0.5) is 14.5 Å². The highest BCUT2D eigenvalue weighted by molar-refractivity contribution is 5.96. The van der Waals surface area contributed by atoms with Crippen LogP contribution in [-0.2, 0) is 0 Å². The van der Waals surface area contributed by atoms with Crippen LogP contribution in [0.5, 0.6) is 5.75 Å². The molecule has 8 heteroatoms. The van der Waals surface area contributed by atoms with Gasteiger partial charge in [-0.1, -0.05) is 30.3 Å². The van der Waals surface area contributed by atoms with Gasteiger partial charge in [-0.25, -0.2) is 8.78 Å². The summed E-state index contributed by atoms with van der Waals surface area (Å²) in [4.78, 5) is 19.1. The number of halogens is 2. The monoisotopic (exact) mass is 552 g/mol. The van der Waals surface area contributed by atoms with Gasteiger partial charge in [-0.2, -0.15) is 0 Å². The normalized spacial score (nSPS) is 14.8. The van der Waals surface area contributed by atoms with E-state index in [1.54, 1.807) is 6.07 Å². The van der Waals surface area contributed by atoms with Gasteiger partial charge in [0.05, 0.1) is 6.04 Å². The number of nitrogens with zero attached hydrogens (tertiary/aromatic N) is 1. The smallest absolute Gasteiger partial charge is 0.252 e. The topological polar surface area (TPSA) is 94.4 Å². The van der Waals surface area contributed by atoms with Crippen molar-refractivity contribution in [3.63, 3.8) is 0 Å². The first-order valence-electron chi connectivity index (χ1n) is 13.6. The molecule has 0 spiro atoms. The fourth-order valence-electron chi connectivity index (χ4n) is 5.46. The third-order valence-electron chi connectivity index (χ3n) is 7.70. The lowest BCUT2D eigenvalue weighted by molar-refractivity contribution is 0.0941. The Kier molecular flexibility index (Phi) is 7.15. The van der Waals surface area contributed by atoms with Crippen LogP contribution < -0.4 is 16.0 Å². The lowest BCUT2D eigenvalue weighted by Gasteiger charge is -2.32. The van der Waals surface area contributed by atoms with Gasteiger partial charge in [-0.3, -0.25) is 4.79 Å². The van der Waals surface area contributed by atoms with E-state index >= 15 is 0 Å². The predicted octanol–water partition coefficient (Wildman–Crippen LogP) is 6.27. The molecule has 1 atom stereocenters. The average molecular weight is 553 g/mol. The number of nitrogens with one attached hydrogen (secondary N) is 2. The molecular formula is C33H30F2N4O2. The van der Waals surface area contributed by atoms with Crippen molar-refractivity contribution in [3.8, 4) is 16.9 Å². The van der Waals surface area contributed by atoms with E-state index in [2.05, 4.69) is 15.2 Å². The van der Waals surface area contributed by atoms with Crippen molar-refractivity contribution in [1.29, 1.82) is 0 Å². The number of para-hydroxylation sites is 1. The highest BCUT2D eigenvalue weighted by Crippen LogP contribution is 2.32. The molecule has 0 saturated carbocycles. The minimum atomic E-state index is -0.922. The molecule has 1 unspecified atom stereocenters. The van der Waals surface area contributed by atoms with E-state index in [0.717, 1.165) is 60.2 Å². The van der Waals surface area contributed by atoms with Crippen molar-refractivity contribution < 1.29 is 18.7 Å². The van der Waals surface area contributed by atoms with E-state index < -0.39 is 23.6 Å².